The largest absolute Gasteiger partial charge is 0.465 e. The molecule has 0 amide bonds. The Balaban J connectivity index is 3.10. The molecule has 0 unspecified atom stereocenters. The zero-order valence-electron chi connectivity index (χ0n) is 12.1. The van der Waals surface area contributed by atoms with Gasteiger partial charge in [0.25, 0.3) is 0 Å². The van der Waals surface area contributed by atoms with Gasteiger partial charge in [-0.3, -0.25) is 9.59 Å². The van der Waals surface area contributed by atoms with Crippen LogP contribution < -0.4 is 0 Å². The summed E-state index contributed by atoms with van der Waals surface area (Å²) in [6.07, 6.45) is 0.0390. The van der Waals surface area contributed by atoms with E-state index in [4.69, 9.17) is 25.8 Å². The Morgan fingerprint density at radius 3 is 2.00 bits per heavy atom. The molecule has 0 N–H and O–H groups in total. The standard InChI is InChI=1S/C14H21ClO5/c1-5-19-12(16)14(13(17)20-6-2)7-10(9(3)15)11(8-14)18-4/h10-11H,3,5-8H2,1-2,4H3/t10-,11-/m0/s1. The second kappa shape index (κ2) is 7.09. The molecule has 0 spiro atoms. The fourth-order valence-corrected chi connectivity index (χ4v) is 2.81. The summed E-state index contributed by atoms with van der Waals surface area (Å²) in [6, 6.07) is 0. The highest BCUT2D eigenvalue weighted by Crippen LogP contribution is 2.48. The van der Waals surface area contributed by atoms with Gasteiger partial charge in [-0.2, -0.15) is 0 Å². The van der Waals surface area contributed by atoms with Gasteiger partial charge in [-0.25, -0.2) is 0 Å². The lowest BCUT2D eigenvalue weighted by Gasteiger charge is -2.24. The summed E-state index contributed by atoms with van der Waals surface area (Å²) in [5.74, 6) is -1.45. The number of ether oxygens (including phenoxy) is 3. The van der Waals surface area contributed by atoms with Gasteiger partial charge in [-0.15, -0.1) is 0 Å². The Labute approximate surface area is 124 Å². The Hall–Kier alpha value is -1.07. The van der Waals surface area contributed by atoms with Crippen molar-refractivity contribution in [3.05, 3.63) is 11.6 Å². The van der Waals surface area contributed by atoms with Gasteiger partial charge < -0.3 is 14.2 Å². The first-order valence-corrected chi connectivity index (χ1v) is 7.02. The van der Waals surface area contributed by atoms with Crippen molar-refractivity contribution < 1.29 is 23.8 Å². The van der Waals surface area contributed by atoms with Crippen LogP contribution in [0.25, 0.3) is 0 Å². The second-order valence-corrected chi connectivity index (χ2v) is 5.24. The summed E-state index contributed by atoms with van der Waals surface area (Å²) in [5.41, 5.74) is -1.35. The van der Waals surface area contributed by atoms with E-state index in [-0.39, 0.29) is 38.1 Å². The van der Waals surface area contributed by atoms with E-state index in [0.717, 1.165) is 0 Å². The monoisotopic (exact) mass is 304 g/mol. The fraction of sp³-hybridized carbons (Fsp3) is 0.714. The summed E-state index contributed by atoms with van der Waals surface area (Å²) in [5, 5.41) is 0.368. The van der Waals surface area contributed by atoms with E-state index in [2.05, 4.69) is 6.58 Å². The molecule has 20 heavy (non-hydrogen) atoms. The topological polar surface area (TPSA) is 61.8 Å². The number of carbonyl (C=O) groups excluding carboxylic acids is 2. The van der Waals surface area contributed by atoms with Gasteiger partial charge in [0.1, 0.15) is 0 Å². The van der Waals surface area contributed by atoms with E-state index >= 15 is 0 Å². The third kappa shape index (κ3) is 3.15. The SMILES string of the molecule is C=C(Cl)[C@@H]1CC(C(=O)OCC)(C(=O)OCC)C[C@@H]1OC. The molecule has 0 heterocycles. The van der Waals surface area contributed by atoms with Crippen molar-refractivity contribution in [2.45, 2.75) is 32.8 Å². The molecule has 0 aromatic heterocycles. The van der Waals surface area contributed by atoms with Gasteiger partial charge in [0.15, 0.2) is 5.41 Å². The summed E-state index contributed by atoms with van der Waals surface area (Å²) >= 11 is 5.97. The summed E-state index contributed by atoms with van der Waals surface area (Å²) < 4.78 is 15.4. The highest BCUT2D eigenvalue weighted by molar-refractivity contribution is 6.29. The normalized spacial score (nSPS) is 24.2. The summed E-state index contributed by atoms with van der Waals surface area (Å²) in [4.78, 5) is 24.5. The van der Waals surface area contributed by atoms with Crippen LogP contribution in [0.2, 0.25) is 0 Å². The molecule has 1 rings (SSSR count). The zero-order valence-corrected chi connectivity index (χ0v) is 12.9. The Morgan fingerprint density at radius 2 is 1.70 bits per heavy atom. The molecule has 1 aliphatic carbocycles. The lowest BCUT2D eigenvalue weighted by Crippen LogP contribution is -2.40. The fourth-order valence-electron chi connectivity index (χ4n) is 2.59. The molecule has 114 valence electrons. The van der Waals surface area contributed by atoms with Crippen LogP contribution in [0.15, 0.2) is 11.6 Å². The average molecular weight is 305 g/mol. The lowest BCUT2D eigenvalue weighted by atomic mass is 9.85. The number of rotatable bonds is 6. The molecule has 0 aliphatic heterocycles. The van der Waals surface area contributed by atoms with Crippen molar-refractivity contribution in [2.24, 2.45) is 11.3 Å². The molecule has 0 bridgehead atoms. The smallest absolute Gasteiger partial charge is 0.323 e. The third-order valence-electron chi connectivity index (χ3n) is 3.60. The quantitative estimate of drug-likeness (QED) is 0.556. The molecule has 1 fully saturated rings. The first kappa shape index (κ1) is 17.0. The van der Waals surface area contributed by atoms with E-state index in [0.29, 0.717) is 5.03 Å². The first-order chi connectivity index (χ1) is 9.42. The van der Waals surface area contributed by atoms with Crippen LogP contribution in [0.4, 0.5) is 0 Å². The first-order valence-electron chi connectivity index (χ1n) is 6.64. The maximum absolute atomic E-state index is 12.3. The molecule has 6 heteroatoms. The molecule has 1 saturated carbocycles. The maximum atomic E-state index is 12.3. The minimum absolute atomic E-state index is 0.192. The minimum Gasteiger partial charge on any atom is -0.465 e. The van der Waals surface area contributed by atoms with Crippen LogP contribution in [0.5, 0.6) is 0 Å². The van der Waals surface area contributed by atoms with Gasteiger partial charge >= 0.3 is 11.9 Å². The lowest BCUT2D eigenvalue weighted by molar-refractivity contribution is -0.172. The Bertz CT molecular complexity index is 375. The van der Waals surface area contributed by atoms with Crippen LogP contribution >= 0.6 is 11.6 Å². The van der Waals surface area contributed by atoms with Crippen molar-refractivity contribution in [3.63, 3.8) is 0 Å². The highest BCUT2D eigenvalue weighted by atomic mass is 35.5. The van der Waals surface area contributed by atoms with Gasteiger partial charge in [0.2, 0.25) is 0 Å². The number of hydrogen-bond acceptors (Lipinski definition) is 5. The van der Waals surface area contributed by atoms with Gasteiger partial charge in [0.05, 0.1) is 19.3 Å². The maximum Gasteiger partial charge on any atom is 0.323 e. The van der Waals surface area contributed by atoms with E-state index in [9.17, 15) is 9.59 Å². The molecular formula is C14H21ClO5. The Kier molecular flexibility index (Phi) is 6.02. The predicted molar refractivity (Wildman–Crippen MR) is 74.2 cm³/mol. The second-order valence-electron chi connectivity index (χ2n) is 4.76. The number of methoxy groups -OCH3 is 1. The van der Waals surface area contributed by atoms with E-state index in [1.807, 2.05) is 0 Å². The van der Waals surface area contributed by atoms with Crippen LogP contribution in [0.1, 0.15) is 26.7 Å². The summed E-state index contributed by atoms with van der Waals surface area (Å²) in [7, 11) is 1.52. The molecule has 0 aromatic carbocycles. The minimum atomic E-state index is -1.35. The third-order valence-corrected chi connectivity index (χ3v) is 3.88. The van der Waals surface area contributed by atoms with Gasteiger partial charge in [-0.05, 0) is 20.3 Å². The highest BCUT2D eigenvalue weighted by Gasteiger charge is 2.58. The number of carbonyl (C=O) groups is 2. The average Bonchev–Trinajstić information content (AvgIpc) is 2.80. The number of hydrogen-bond donors (Lipinski definition) is 0. The van der Waals surface area contributed by atoms with Crippen LogP contribution in [-0.4, -0.2) is 38.4 Å². The van der Waals surface area contributed by atoms with E-state index in [1.54, 1.807) is 13.8 Å². The van der Waals surface area contributed by atoms with Crippen LogP contribution in [0, 0.1) is 11.3 Å². The molecule has 0 radical (unpaired) electrons. The number of halogens is 1. The van der Waals surface area contributed by atoms with Gasteiger partial charge in [-0.1, -0.05) is 18.2 Å². The van der Waals surface area contributed by atoms with Crippen molar-refractivity contribution in [1.29, 1.82) is 0 Å². The van der Waals surface area contributed by atoms with Crippen LogP contribution in [0.3, 0.4) is 0 Å². The number of esters is 2. The molecule has 1 aliphatic rings. The molecular weight excluding hydrogens is 284 g/mol. The van der Waals surface area contributed by atoms with Crippen molar-refractivity contribution in [1.82, 2.24) is 0 Å². The van der Waals surface area contributed by atoms with Gasteiger partial charge in [0, 0.05) is 24.5 Å². The van der Waals surface area contributed by atoms with E-state index in [1.165, 1.54) is 7.11 Å². The molecule has 2 atom stereocenters. The predicted octanol–water partition coefficient (Wildman–Crippen LogP) is 2.28. The molecule has 0 aromatic rings. The van der Waals surface area contributed by atoms with Crippen molar-refractivity contribution in [3.8, 4) is 0 Å². The summed E-state index contributed by atoms with van der Waals surface area (Å²) in [6.45, 7) is 7.47. The van der Waals surface area contributed by atoms with Crippen molar-refractivity contribution >= 4 is 23.5 Å². The zero-order chi connectivity index (χ0) is 15.3. The van der Waals surface area contributed by atoms with Crippen molar-refractivity contribution in [2.75, 3.05) is 20.3 Å². The van der Waals surface area contributed by atoms with Crippen LogP contribution in [-0.2, 0) is 23.8 Å². The van der Waals surface area contributed by atoms with E-state index < -0.39 is 17.4 Å². The molecule has 5 nitrogen and oxygen atoms in total. The molecule has 0 saturated heterocycles. The Morgan fingerprint density at radius 1 is 1.20 bits per heavy atom.